The minimum atomic E-state index is -5.04. The van der Waals surface area contributed by atoms with Crippen molar-refractivity contribution in [2.75, 3.05) is 44.2 Å². The fourth-order valence-corrected chi connectivity index (χ4v) is 5.47. The van der Waals surface area contributed by atoms with E-state index in [0.29, 0.717) is 61.7 Å². The van der Waals surface area contributed by atoms with Crippen LogP contribution < -0.4 is 9.64 Å². The average Bonchev–Trinajstić information content (AvgIpc) is 3.23. The first kappa shape index (κ1) is 32.0. The largest absolute Gasteiger partial charge is 0.477 e. The summed E-state index contributed by atoms with van der Waals surface area (Å²) >= 11 is 0. The van der Waals surface area contributed by atoms with Crippen LogP contribution in [0.5, 0.6) is 5.88 Å². The Balaban J connectivity index is 1.57. The lowest BCUT2D eigenvalue weighted by molar-refractivity contribution is -0.143. The molecule has 7 nitrogen and oxygen atoms in total. The highest BCUT2D eigenvalue weighted by molar-refractivity contribution is 6.03. The third-order valence-corrected chi connectivity index (χ3v) is 7.73. The van der Waals surface area contributed by atoms with Crippen molar-refractivity contribution in [1.29, 1.82) is 0 Å². The lowest BCUT2D eigenvalue weighted by atomic mass is 9.98. The SMILES string of the molecule is CC(=O)N1CCCN(c2cc(-c3ccc(F)cc3)c3c(n2)OCCCN(Cc2cc(C(F)(F)F)cc(C(F)(F)F)c2)C3=O)CC1. The molecule has 0 bridgehead atoms. The van der Waals surface area contributed by atoms with Gasteiger partial charge in [0, 0.05) is 51.8 Å². The second kappa shape index (κ2) is 12.6. The standard InChI is InChI=1S/C31H29F7N4O3/c1-19(43)40-8-2-9-41(12-11-40)26-17-25(21-4-6-24(32)7-5-21)27-28(39-26)45-13-3-10-42(29(27)44)18-20-14-22(30(33,34)35)16-23(15-20)31(36,37)38/h4-7,14-17H,2-3,8-13,18H2,1H3. The van der Waals surface area contributed by atoms with Crippen molar-refractivity contribution in [3.63, 3.8) is 0 Å². The predicted octanol–water partition coefficient (Wildman–Crippen LogP) is 6.41. The van der Waals surface area contributed by atoms with Crippen LogP contribution in [0.25, 0.3) is 11.1 Å². The van der Waals surface area contributed by atoms with E-state index in [9.17, 15) is 40.3 Å². The molecule has 1 aromatic heterocycles. The van der Waals surface area contributed by atoms with Gasteiger partial charge >= 0.3 is 12.4 Å². The smallest absolute Gasteiger partial charge is 0.416 e. The van der Waals surface area contributed by atoms with E-state index in [4.69, 9.17) is 4.74 Å². The number of ether oxygens (including phenoxy) is 1. The number of amides is 2. The lowest BCUT2D eigenvalue weighted by Crippen LogP contribution is -2.36. The second-order valence-electron chi connectivity index (χ2n) is 10.9. The lowest BCUT2D eigenvalue weighted by Gasteiger charge is -2.29. The van der Waals surface area contributed by atoms with Crippen molar-refractivity contribution in [2.45, 2.75) is 38.7 Å². The Hall–Kier alpha value is -4.36. The third-order valence-electron chi connectivity index (χ3n) is 7.73. The van der Waals surface area contributed by atoms with Crippen molar-refractivity contribution in [3.8, 4) is 17.0 Å². The van der Waals surface area contributed by atoms with Gasteiger partial charge in [0.25, 0.3) is 5.91 Å². The van der Waals surface area contributed by atoms with E-state index >= 15 is 0 Å². The minimum Gasteiger partial charge on any atom is -0.477 e. The Kier molecular flexibility index (Phi) is 8.95. The van der Waals surface area contributed by atoms with Gasteiger partial charge in [-0.05, 0) is 60.4 Å². The summed E-state index contributed by atoms with van der Waals surface area (Å²) in [6.45, 7) is 2.95. The van der Waals surface area contributed by atoms with E-state index in [-0.39, 0.29) is 48.6 Å². The number of rotatable bonds is 4. The van der Waals surface area contributed by atoms with Gasteiger partial charge in [-0.1, -0.05) is 12.1 Å². The van der Waals surface area contributed by atoms with Crippen molar-refractivity contribution >= 4 is 17.6 Å². The molecule has 0 saturated carbocycles. The molecule has 0 atom stereocenters. The molecule has 2 aromatic carbocycles. The van der Waals surface area contributed by atoms with Crippen LogP contribution in [0.15, 0.2) is 48.5 Å². The first-order valence-corrected chi connectivity index (χ1v) is 14.2. The summed E-state index contributed by atoms with van der Waals surface area (Å²) in [6.07, 6.45) is -9.21. The molecule has 0 aliphatic carbocycles. The second-order valence-corrected chi connectivity index (χ2v) is 10.9. The Morgan fingerprint density at radius 2 is 1.53 bits per heavy atom. The number of aromatic nitrogens is 1. The zero-order valence-corrected chi connectivity index (χ0v) is 24.1. The monoisotopic (exact) mass is 638 g/mol. The molecule has 2 amide bonds. The highest BCUT2D eigenvalue weighted by Gasteiger charge is 2.37. The summed E-state index contributed by atoms with van der Waals surface area (Å²) in [5, 5.41) is 0. The van der Waals surface area contributed by atoms with Gasteiger partial charge < -0.3 is 19.4 Å². The highest BCUT2D eigenvalue weighted by Crippen LogP contribution is 2.38. The van der Waals surface area contributed by atoms with Gasteiger partial charge in [0.1, 0.15) is 17.2 Å². The summed E-state index contributed by atoms with van der Waals surface area (Å²) in [6, 6.07) is 8.18. The maximum atomic E-state index is 14.1. The molecule has 3 aromatic rings. The molecule has 1 saturated heterocycles. The van der Waals surface area contributed by atoms with Crippen LogP contribution in [0, 0.1) is 5.82 Å². The predicted molar refractivity (Wildman–Crippen MR) is 150 cm³/mol. The summed E-state index contributed by atoms with van der Waals surface area (Å²) in [5.74, 6) is -0.929. The van der Waals surface area contributed by atoms with Crippen LogP contribution in [0.4, 0.5) is 36.6 Å². The number of halogens is 7. The summed E-state index contributed by atoms with van der Waals surface area (Å²) < 4.78 is 101. The molecule has 2 aliphatic rings. The van der Waals surface area contributed by atoms with E-state index < -0.39 is 41.7 Å². The van der Waals surface area contributed by atoms with Crippen molar-refractivity contribution in [2.24, 2.45) is 0 Å². The minimum absolute atomic E-state index is 0.0204. The normalized spacial score (nSPS) is 16.4. The third kappa shape index (κ3) is 7.31. The van der Waals surface area contributed by atoms with Crippen LogP contribution in [-0.4, -0.2) is 65.9 Å². The molecule has 1 fully saturated rings. The van der Waals surface area contributed by atoms with Crippen molar-refractivity contribution in [1.82, 2.24) is 14.8 Å². The quantitative estimate of drug-likeness (QED) is 0.309. The van der Waals surface area contributed by atoms with Crippen molar-refractivity contribution in [3.05, 3.63) is 76.6 Å². The van der Waals surface area contributed by atoms with Gasteiger partial charge in [-0.25, -0.2) is 4.39 Å². The Morgan fingerprint density at radius 1 is 0.867 bits per heavy atom. The average molecular weight is 639 g/mol. The number of pyridine rings is 1. The number of benzene rings is 2. The number of nitrogens with zero attached hydrogens (tertiary/aromatic N) is 4. The number of anilines is 1. The van der Waals surface area contributed by atoms with Crippen LogP contribution in [0.3, 0.4) is 0 Å². The van der Waals surface area contributed by atoms with Gasteiger partial charge in [-0.2, -0.15) is 31.3 Å². The summed E-state index contributed by atoms with van der Waals surface area (Å²) in [4.78, 5) is 35.5. The molecule has 5 rings (SSSR count). The van der Waals surface area contributed by atoms with Crippen LogP contribution >= 0.6 is 0 Å². The number of alkyl halides is 6. The molecule has 240 valence electrons. The molecular weight excluding hydrogens is 609 g/mol. The summed E-state index contributed by atoms with van der Waals surface area (Å²) in [7, 11) is 0. The summed E-state index contributed by atoms with van der Waals surface area (Å²) in [5.41, 5.74) is -2.62. The van der Waals surface area contributed by atoms with Gasteiger partial charge in [0.15, 0.2) is 0 Å². The van der Waals surface area contributed by atoms with Gasteiger partial charge in [0.2, 0.25) is 11.8 Å². The maximum absolute atomic E-state index is 14.1. The van der Waals surface area contributed by atoms with Gasteiger partial charge in [0.05, 0.1) is 17.7 Å². The molecule has 0 N–H and O–H groups in total. The van der Waals surface area contributed by atoms with Gasteiger partial charge in [-0.3, -0.25) is 9.59 Å². The first-order chi connectivity index (χ1) is 21.2. The zero-order chi connectivity index (χ0) is 32.5. The van der Waals surface area contributed by atoms with Crippen molar-refractivity contribution < 1.29 is 45.1 Å². The van der Waals surface area contributed by atoms with Crippen LogP contribution in [0.1, 0.15) is 46.8 Å². The Labute approximate surface area is 254 Å². The Bertz CT molecular complexity index is 1540. The molecule has 3 heterocycles. The molecule has 2 aliphatic heterocycles. The maximum Gasteiger partial charge on any atom is 0.416 e. The van der Waals surface area contributed by atoms with Crippen LogP contribution in [-0.2, 0) is 23.7 Å². The topological polar surface area (TPSA) is 66.0 Å². The number of hydrogen-bond donors (Lipinski definition) is 0. The molecule has 0 spiro atoms. The zero-order valence-electron chi connectivity index (χ0n) is 24.1. The van der Waals surface area contributed by atoms with E-state index in [0.717, 1.165) is 0 Å². The fraction of sp³-hybridized carbons (Fsp3) is 0.387. The first-order valence-electron chi connectivity index (χ1n) is 14.2. The van der Waals surface area contributed by atoms with E-state index in [1.165, 1.54) is 36.1 Å². The number of hydrogen-bond acceptors (Lipinski definition) is 5. The molecule has 45 heavy (non-hydrogen) atoms. The number of carbonyl (C=O) groups excluding carboxylic acids is 2. The van der Waals surface area contributed by atoms with Gasteiger partial charge in [-0.15, -0.1) is 0 Å². The Morgan fingerprint density at radius 3 is 2.16 bits per heavy atom. The number of fused-ring (bicyclic) bond motifs is 1. The molecule has 14 heteroatoms. The van der Waals surface area contributed by atoms with E-state index in [1.54, 1.807) is 11.0 Å². The molecule has 0 unspecified atom stereocenters. The fourth-order valence-electron chi connectivity index (χ4n) is 5.47. The van der Waals surface area contributed by atoms with E-state index in [2.05, 4.69) is 4.98 Å². The van der Waals surface area contributed by atoms with Crippen LogP contribution in [0.2, 0.25) is 0 Å². The number of carbonyl (C=O) groups is 2. The molecular formula is C31H29F7N4O3. The molecule has 0 radical (unpaired) electrons. The highest BCUT2D eigenvalue weighted by atomic mass is 19.4. The van der Waals surface area contributed by atoms with E-state index in [1.807, 2.05) is 4.90 Å².